The van der Waals surface area contributed by atoms with E-state index in [-0.39, 0.29) is 0 Å². The van der Waals surface area contributed by atoms with Crippen LogP contribution in [0.3, 0.4) is 0 Å². The van der Waals surface area contributed by atoms with Gasteiger partial charge in [-0.2, -0.15) is 0 Å². The second-order valence-corrected chi connectivity index (χ2v) is 3.08. The average molecular weight is 184 g/mol. The maximum Gasteiger partial charge on any atom is -0.00751 e. The summed E-state index contributed by atoms with van der Waals surface area (Å²) in [7, 11) is 0. The summed E-state index contributed by atoms with van der Waals surface area (Å²) in [6.07, 6.45) is 6.87. The van der Waals surface area contributed by atoms with Crippen LogP contribution in [0.1, 0.15) is 30.5 Å². The summed E-state index contributed by atoms with van der Waals surface area (Å²) >= 11 is 0. The number of allylic oxidation sites excluding steroid dienone is 1. The lowest BCUT2D eigenvalue weighted by Gasteiger charge is -2.05. The van der Waals surface area contributed by atoms with Gasteiger partial charge in [0.25, 0.3) is 0 Å². The molecule has 0 atom stereocenters. The van der Waals surface area contributed by atoms with Crippen LogP contribution in [0.5, 0.6) is 0 Å². The van der Waals surface area contributed by atoms with Crippen LogP contribution < -0.4 is 0 Å². The zero-order valence-electron chi connectivity index (χ0n) is 8.88. The van der Waals surface area contributed by atoms with Crippen molar-refractivity contribution in [2.24, 2.45) is 0 Å². The summed E-state index contributed by atoms with van der Waals surface area (Å²) in [5, 5.41) is 0. The molecule has 1 rings (SSSR count). The van der Waals surface area contributed by atoms with Gasteiger partial charge in [0.05, 0.1) is 0 Å². The summed E-state index contributed by atoms with van der Waals surface area (Å²) in [5.41, 5.74) is 6.88. The number of aryl methyl sites for hydroxylation is 1. The van der Waals surface area contributed by atoms with Gasteiger partial charge < -0.3 is 0 Å². The van der Waals surface area contributed by atoms with E-state index >= 15 is 0 Å². The van der Waals surface area contributed by atoms with E-state index in [9.17, 15) is 0 Å². The fourth-order valence-corrected chi connectivity index (χ4v) is 1.46. The zero-order chi connectivity index (χ0) is 10.4. The lowest BCUT2D eigenvalue weighted by molar-refractivity contribution is 1.13. The molecule has 0 saturated heterocycles. The van der Waals surface area contributed by atoms with E-state index in [1.807, 2.05) is 25.2 Å². The van der Waals surface area contributed by atoms with Crippen LogP contribution in [-0.4, -0.2) is 0 Å². The second-order valence-electron chi connectivity index (χ2n) is 3.08. The van der Waals surface area contributed by atoms with Crippen molar-refractivity contribution >= 4 is 12.2 Å². The van der Waals surface area contributed by atoms with Crippen molar-refractivity contribution in [2.45, 2.75) is 20.3 Å². The van der Waals surface area contributed by atoms with E-state index in [2.05, 4.69) is 37.4 Å². The topological polar surface area (TPSA) is 0 Å². The Balaban J connectivity index is 3.32. The van der Waals surface area contributed by atoms with E-state index in [4.69, 9.17) is 0 Å². The molecule has 0 aromatic heterocycles. The van der Waals surface area contributed by atoms with Crippen LogP contribution in [0.15, 0.2) is 36.6 Å². The van der Waals surface area contributed by atoms with Crippen molar-refractivity contribution in [3.8, 4) is 0 Å². The minimum absolute atomic E-state index is 1.04. The van der Waals surface area contributed by atoms with Crippen LogP contribution in [0.4, 0.5) is 0 Å². The first kappa shape index (κ1) is 10.6. The molecule has 0 radical (unpaired) electrons. The van der Waals surface area contributed by atoms with Gasteiger partial charge in [-0.15, -0.1) is 5.73 Å². The lowest BCUT2D eigenvalue weighted by Crippen LogP contribution is -1.89. The fraction of sp³-hybridized carbons (Fsp3) is 0.214. The van der Waals surface area contributed by atoms with Crippen LogP contribution in [-0.2, 0) is 6.42 Å². The molecule has 0 nitrogen and oxygen atoms in total. The Morgan fingerprint density at radius 2 is 2.21 bits per heavy atom. The molecule has 0 aliphatic rings. The maximum atomic E-state index is 3.82. The van der Waals surface area contributed by atoms with Crippen LogP contribution >= 0.6 is 0 Å². The smallest absolute Gasteiger partial charge is 0.00751 e. The Bertz CT molecular complexity index is 377. The van der Waals surface area contributed by atoms with Gasteiger partial charge in [0, 0.05) is 0 Å². The van der Waals surface area contributed by atoms with Crippen molar-refractivity contribution < 1.29 is 0 Å². The third-order valence-electron chi connectivity index (χ3n) is 2.23. The summed E-state index contributed by atoms with van der Waals surface area (Å²) < 4.78 is 0. The molecule has 14 heavy (non-hydrogen) atoms. The Kier molecular flexibility index (Phi) is 3.97. The SMILES string of the molecule is C=Cc1cccc(CC)c1C=C=CC. The van der Waals surface area contributed by atoms with Crippen molar-refractivity contribution in [2.75, 3.05) is 0 Å². The predicted octanol–water partition coefficient (Wildman–Crippen LogP) is 4.08. The predicted molar refractivity (Wildman–Crippen MR) is 64.1 cm³/mol. The van der Waals surface area contributed by atoms with E-state index in [0.717, 1.165) is 6.42 Å². The summed E-state index contributed by atoms with van der Waals surface area (Å²) in [5.74, 6) is 0. The summed E-state index contributed by atoms with van der Waals surface area (Å²) in [4.78, 5) is 0. The quantitative estimate of drug-likeness (QED) is 0.621. The van der Waals surface area contributed by atoms with Crippen molar-refractivity contribution in [1.82, 2.24) is 0 Å². The van der Waals surface area contributed by atoms with Crippen molar-refractivity contribution in [1.29, 1.82) is 0 Å². The Morgan fingerprint density at radius 3 is 2.79 bits per heavy atom. The normalized spacial score (nSPS) is 9.00. The molecule has 0 unspecified atom stereocenters. The highest BCUT2D eigenvalue weighted by Crippen LogP contribution is 2.18. The molecular weight excluding hydrogens is 168 g/mol. The fourth-order valence-electron chi connectivity index (χ4n) is 1.46. The van der Waals surface area contributed by atoms with Crippen LogP contribution in [0, 0.1) is 0 Å². The first-order valence-corrected chi connectivity index (χ1v) is 4.94. The molecule has 0 saturated carbocycles. The first-order valence-electron chi connectivity index (χ1n) is 4.94. The molecule has 72 valence electrons. The number of benzene rings is 1. The molecule has 0 N–H and O–H groups in total. The molecule has 0 amide bonds. The van der Waals surface area contributed by atoms with Crippen molar-refractivity contribution in [3.05, 3.63) is 53.3 Å². The van der Waals surface area contributed by atoms with Gasteiger partial charge in [0.1, 0.15) is 0 Å². The van der Waals surface area contributed by atoms with Crippen molar-refractivity contribution in [3.63, 3.8) is 0 Å². The van der Waals surface area contributed by atoms with E-state index < -0.39 is 0 Å². The van der Waals surface area contributed by atoms with Gasteiger partial charge in [-0.25, -0.2) is 0 Å². The van der Waals surface area contributed by atoms with Crippen LogP contribution in [0.25, 0.3) is 12.2 Å². The molecule has 0 aliphatic carbocycles. The lowest BCUT2D eigenvalue weighted by atomic mass is 9.99. The van der Waals surface area contributed by atoms with Gasteiger partial charge in [0.15, 0.2) is 0 Å². The number of hydrogen-bond acceptors (Lipinski definition) is 0. The van der Waals surface area contributed by atoms with Gasteiger partial charge in [-0.3, -0.25) is 0 Å². The molecular formula is C14H16. The molecule has 1 aromatic carbocycles. The Hall–Kier alpha value is -1.52. The summed E-state index contributed by atoms with van der Waals surface area (Å²) in [6, 6.07) is 6.30. The standard InChI is InChI=1S/C14H16/c1-4-7-11-14-12(5-2)9-8-10-13(14)6-3/h4-5,8-11H,2,6H2,1,3H3. The van der Waals surface area contributed by atoms with Gasteiger partial charge in [-0.1, -0.05) is 37.8 Å². The average Bonchev–Trinajstić information content (AvgIpc) is 2.25. The molecule has 0 aliphatic heterocycles. The third kappa shape index (κ3) is 2.25. The molecule has 0 bridgehead atoms. The maximum absolute atomic E-state index is 3.82. The third-order valence-corrected chi connectivity index (χ3v) is 2.23. The second kappa shape index (κ2) is 5.26. The minimum Gasteiger partial charge on any atom is -0.125 e. The highest BCUT2D eigenvalue weighted by Gasteiger charge is 2.00. The Labute approximate surface area is 86.3 Å². The van der Waals surface area contributed by atoms with E-state index in [1.54, 1.807) is 0 Å². The first-order chi connectivity index (χ1) is 6.83. The Morgan fingerprint density at radius 1 is 1.43 bits per heavy atom. The van der Waals surface area contributed by atoms with Gasteiger partial charge in [0.2, 0.25) is 0 Å². The minimum atomic E-state index is 1.04. The van der Waals surface area contributed by atoms with Crippen LogP contribution in [0.2, 0.25) is 0 Å². The highest BCUT2D eigenvalue weighted by atomic mass is 14.0. The summed E-state index contributed by atoms with van der Waals surface area (Å²) in [6.45, 7) is 7.95. The molecule has 1 aromatic rings. The van der Waals surface area contributed by atoms with E-state index in [0.29, 0.717) is 0 Å². The van der Waals surface area contributed by atoms with Gasteiger partial charge >= 0.3 is 0 Å². The number of hydrogen-bond donors (Lipinski definition) is 0. The zero-order valence-corrected chi connectivity index (χ0v) is 8.88. The largest absolute Gasteiger partial charge is 0.125 e. The van der Waals surface area contributed by atoms with Gasteiger partial charge in [-0.05, 0) is 42.2 Å². The molecule has 0 spiro atoms. The highest BCUT2D eigenvalue weighted by molar-refractivity contribution is 5.66. The molecule has 0 heterocycles. The molecule has 0 heteroatoms. The number of rotatable bonds is 3. The van der Waals surface area contributed by atoms with E-state index in [1.165, 1.54) is 16.7 Å². The monoisotopic (exact) mass is 184 g/mol. The molecule has 0 fully saturated rings.